The first-order valence-electron chi connectivity index (χ1n) is 25.9. The summed E-state index contributed by atoms with van der Waals surface area (Å²) < 4.78 is 20.2. The molecule has 0 spiro atoms. The number of rotatable bonds is 13. The van der Waals surface area contributed by atoms with Crippen LogP contribution in [0.25, 0.3) is 33.7 Å². The minimum Gasteiger partial charge on any atom is -0.361 e. The highest BCUT2D eigenvalue weighted by Crippen LogP contribution is 2.31. The van der Waals surface area contributed by atoms with Crippen LogP contribution in [0.3, 0.4) is 0 Å². The Morgan fingerprint density at radius 3 is 1.58 bits per heavy atom. The number of halogens is 1. The fourth-order valence-corrected chi connectivity index (χ4v) is 10.7. The summed E-state index contributed by atoms with van der Waals surface area (Å²) in [6, 6.07) is 2.19. The number of carbonyl (C=O) groups is 2. The number of amides is 2. The fraction of sp³-hybridized carbons (Fsp3) is 0.623. The van der Waals surface area contributed by atoms with Gasteiger partial charge in [0.1, 0.15) is 40.5 Å². The van der Waals surface area contributed by atoms with E-state index in [-0.39, 0.29) is 22.9 Å². The number of aromatic nitrogens is 10. The van der Waals surface area contributed by atoms with Crippen LogP contribution in [0.4, 0.5) is 0 Å². The monoisotopic (exact) mass is 1090 g/mol. The largest absolute Gasteiger partial charge is 0.361 e. The Kier molecular flexibility index (Phi) is 18.7. The van der Waals surface area contributed by atoms with Crippen molar-refractivity contribution in [2.45, 2.75) is 189 Å². The molecule has 6 heterocycles. The van der Waals surface area contributed by atoms with E-state index in [0.717, 1.165) is 42.7 Å². The smallest absolute Gasteiger partial charge is 0.255 e. The van der Waals surface area contributed by atoms with E-state index < -0.39 is 16.1 Å². The maximum absolute atomic E-state index is 13.2. The molecule has 2 aliphatic carbocycles. The van der Waals surface area contributed by atoms with Crippen molar-refractivity contribution >= 4 is 66.2 Å². The van der Waals surface area contributed by atoms with Gasteiger partial charge in [-0.3, -0.25) is 19.0 Å². The van der Waals surface area contributed by atoms with Gasteiger partial charge in [0.2, 0.25) is 0 Å². The minimum absolute atomic E-state index is 0.158. The van der Waals surface area contributed by atoms with Gasteiger partial charge in [0.15, 0.2) is 11.3 Å². The van der Waals surface area contributed by atoms with E-state index in [0.29, 0.717) is 64.7 Å². The van der Waals surface area contributed by atoms with Gasteiger partial charge < -0.3 is 29.2 Å². The molecule has 19 heteroatoms. The van der Waals surface area contributed by atoms with Crippen molar-refractivity contribution in [1.82, 2.24) is 59.3 Å². The summed E-state index contributed by atoms with van der Waals surface area (Å²) in [5, 5.41) is 15.3. The Morgan fingerprint density at radius 1 is 0.639 bits per heavy atom. The highest BCUT2D eigenvalue weighted by Gasteiger charge is 2.26. The van der Waals surface area contributed by atoms with Crippen LogP contribution in [0.15, 0.2) is 29.4 Å². The lowest BCUT2D eigenvalue weighted by Crippen LogP contribution is -2.40. The van der Waals surface area contributed by atoms with Gasteiger partial charge in [0, 0.05) is 83.9 Å². The first-order valence-corrected chi connectivity index (χ1v) is 34.1. The van der Waals surface area contributed by atoms with Crippen molar-refractivity contribution in [3.8, 4) is 11.4 Å². The second-order valence-corrected chi connectivity index (χ2v) is 36.1. The van der Waals surface area contributed by atoms with Gasteiger partial charge >= 0.3 is 0 Å². The van der Waals surface area contributed by atoms with Gasteiger partial charge in [-0.05, 0) is 133 Å². The zero-order chi connectivity index (χ0) is 52.8. The zero-order valence-corrected chi connectivity index (χ0v) is 49.7. The van der Waals surface area contributed by atoms with Crippen LogP contribution in [0.2, 0.25) is 51.4 Å². The molecule has 72 heavy (non-hydrogen) atoms. The van der Waals surface area contributed by atoms with E-state index in [1.165, 1.54) is 73.2 Å². The fourth-order valence-electron chi connectivity index (χ4n) is 8.94. The minimum atomic E-state index is -1.18. The third-order valence-electron chi connectivity index (χ3n) is 12.7. The van der Waals surface area contributed by atoms with E-state index >= 15 is 0 Å². The lowest BCUT2D eigenvalue weighted by atomic mass is 10.1. The van der Waals surface area contributed by atoms with E-state index in [2.05, 4.69) is 99.6 Å². The summed E-state index contributed by atoms with van der Waals surface area (Å²) in [6.45, 7) is 30.0. The quantitative estimate of drug-likeness (QED) is 0.0644. The molecule has 6 aromatic rings. The van der Waals surface area contributed by atoms with Crippen molar-refractivity contribution < 1.29 is 19.1 Å². The molecule has 0 unspecified atom stereocenters. The molecule has 0 aromatic carbocycles. The van der Waals surface area contributed by atoms with Crippen LogP contribution in [0, 0.1) is 6.92 Å². The summed E-state index contributed by atoms with van der Waals surface area (Å²) in [7, 11) is 1.77. The number of ether oxygens (including phenoxy) is 2. The Hall–Kier alpha value is -4.57. The van der Waals surface area contributed by atoms with Crippen LogP contribution >= 0.6 is 15.9 Å². The zero-order valence-electron chi connectivity index (χ0n) is 46.1. The molecule has 2 amide bonds. The van der Waals surface area contributed by atoms with Gasteiger partial charge in [0.05, 0.1) is 29.2 Å². The molecule has 0 bridgehead atoms. The van der Waals surface area contributed by atoms with E-state index in [1.807, 2.05) is 68.6 Å². The summed E-state index contributed by atoms with van der Waals surface area (Å²) in [5.41, 5.74) is 11.2. The molecule has 8 rings (SSSR count). The van der Waals surface area contributed by atoms with Crippen molar-refractivity contribution in [2.24, 2.45) is 14.1 Å². The summed E-state index contributed by atoms with van der Waals surface area (Å²) in [6.07, 6.45) is 19.2. The second-order valence-electron chi connectivity index (χ2n) is 24.1. The molecule has 6 aromatic heterocycles. The molecule has 394 valence electrons. The summed E-state index contributed by atoms with van der Waals surface area (Å²) in [4.78, 5) is 44.4. The lowest BCUT2D eigenvalue weighted by molar-refractivity contribution is 0.0879. The SMILES string of the molecule is CC(C)(C)NC(=O)c1cn(COCC[Si](C)(C)C)c2ncc(Br)nc12.Cc1nn(C)c2c1CCCCC2.Cn1nc(-c2cnc3c(n2)c(C(=O)NC(C)(C)C)cn3COCC[Si](C)(C)C)c2c1CCCCC2. The van der Waals surface area contributed by atoms with Gasteiger partial charge in [-0.2, -0.15) is 10.2 Å². The number of nitrogens with one attached hydrogen (secondary N) is 2. The van der Waals surface area contributed by atoms with E-state index in [9.17, 15) is 9.59 Å². The third-order valence-corrected chi connectivity index (χ3v) is 16.5. The van der Waals surface area contributed by atoms with Gasteiger partial charge in [-0.15, -0.1) is 0 Å². The maximum atomic E-state index is 13.2. The van der Waals surface area contributed by atoms with Crippen molar-refractivity contribution in [2.75, 3.05) is 13.2 Å². The van der Waals surface area contributed by atoms with Crippen molar-refractivity contribution in [3.05, 3.63) is 68.7 Å². The second kappa shape index (κ2) is 23.8. The molecular formula is C53H83BrN12O4Si2. The maximum Gasteiger partial charge on any atom is 0.255 e. The molecule has 2 aliphatic rings. The number of hydrogen-bond acceptors (Lipinski definition) is 10. The summed E-state index contributed by atoms with van der Waals surface area (Å²) >= 11 is 3.33. The standard InChI is InChI=1S/C26H40N6O2Si.C17H27BrN4O2Si.C10H16N2/c1-26(2,3)29-25(33)19-16-32(17-34-13-14-35(5,6)7)24-23(19)28-20(15-27-24)22-18-11-9-8-10-12-21(18)31(4)30-22;1-17(2,3)21-16(23)12-10-22(11-24-7-8-25(4,5)6)15-14(12)20-13(18)9-19-15;1-8-9-6-4-3-5-7-10(9)12(2)11-8/h15-16H,8-14,17H2,1-7H3,(H,29,33);9-10H,7-8,11H2,1-6H3,(H,21,23);3-7H2,1-2H3. The summed E-state index contributed by atoms with van der Waals surface area (Å²) in [5.74, 6) is -0.319. The topological polar surface area (TPSA) is 174 Å². The first kappa shape index (κ1) is 56.7. The number of fused-ring (bicyclic) bond motifs is 4. The third kappa shape index (κ3) is 15.7. The van der Waals surface area contributed by atoms with Crippen LogP contribution in [0.5, 0.6) is 0 Å². The molecule has 0 saturated heterocycles. The number of carbonyl (C=O) groups excluding carboxylic acids is 2. The first-order chi connectivity index (χ1) is 33.7. The molecule has 0 saturated carbocycles. The molecule has 0 atom stereocenters. The average Bonchev–Trinajstić information content (AvgIpc) is 3.84. The van der Waals surface area contributed by atoms with Gasteiger partial charge in [0.25, 0.3) is 11.8 Å². The Labute approximate surface area is 438 Å². The Bertz CT molecular complexity index is 2790. The van der Waals surface area contributed by atoms with Crippen LogP contribution in [-0.4, -0.2) is 101 Å². The van der Waals surface area contributed by atoms with Crippen LogP contribution in [-0.2, 0) is 62.7 Å². The Balaban J connectivity index is 0.000000198. The predicted octanol–water partition coefficient (Wildman–Crippen LogP) is 11.0. The predicted molar refractivity (Wildman–Crippen MR) is 298 cm³/mol. The molecule has 0 aliphatic heterocycles. The molecule has 0 fully saturated rings. The average molecular weight is 1090 g/mol. The van der Waals surface area contributed by atoms with E-state index in [4.69, 9.17) is 24.5 Å². The van der Waals surface area contributed by atoms with Crippen molar-refractivity contribution in [1.29, 1.82) is 0 Å². The lowest BCUT2D eigenvalue weighted by Gasteiger charge is -2.20. The van der Waals surface area contributed by atoms with Gasteiger partial charge in [-0.25, -0.2) is 19.9 Å². The molecular weight excluding hydrogens is 1000 g/mol. The van der Waals surface area contributed by atoms with Crippen LogP contribution in [0.1, 0.15) is 129 Å². The highest BCUT2D eigenvalue weighted by molar-refractivity contribution is 9.10. The van der Waals surface area contributed by atoms with Crippen molar-refractivity contribution in [3.63, 3.8) is 0 Å². The normalized spacial score (nSPS) is 14.4. The highest BCUT2D eigenvalue weighted by atomic mass is 79.9. The van der Waals surface area contributed by atoms with Crippen LogP contribution < -0.4 is 10.6 Å². The van der Waals surface area contributed by atoms with E-state index in [1.54, 1.807) is 18.6 Å². The molecule has 2 N–H and O–H groups in total. The number of aryl methyl sites for hydroxylation is 3. The Morgan fingerprint density at radius 2 is 1.08 bits per heavy atom. The molecule has 16 nitrogen and oxygen atoms in total. The van der Waals surface area contributed by atoms with Gasteiger partial charge in [-0.1, -0.05) is 52.1 Å². The number of nitrogens with zero attached hydrogens (tertiary/aromatic N) is 10. The molecule has 0 radical (unpaired) electrons. The number of hydrogen-bond donors (Lipinski definition) is 2.